The Kier molecular flexibility index (Phi) is 8.78. The van der Waals surface area contributed by atoms with E-state index in [-0.39, 0.29) is 36.9 Å². The predicted molar refractivity (Wildman–Crippen MR) is 117 cm³/mol. The first-order chi connectivity index (χ1) is 15.3. The molecule has 11 heteroatoms. The average molecular weight is 447 g/mol. The van der Waals surface area contributed by atoms with E-state index in [1.165, 1.54) is 25.2 Å². The number of amides is 2. The molecule has 0 aliphatic rings. The van der Waals surface area contributed by atoms with Gasteiger partial charge >= 0.3 is 6.09 Å². The number of carbonyl (C=O) groups excluding carboxylic acids is 2. The summed E-state index contributed by atoms with van der Waals surface area (Å²) in [5.74, 6) is -0.410. The molecule has 0 spiro atoms. The molecule has 11 nitrogen and oxygen atoms in total. The number of benzene rings is 2. The summed E-state index contributed by atoms with van der Waals surface area (Å²) in [4.78, 5) is 36.8. The minimum absolute atomic E-state index is 0.124. The molecule has 2 amide bonds. The highest BCUT2D eigenvalue weighted by atomic mass is 16.6. The Bertz CT molecular complexity index is 962. The second-order valence-corrected chi connectivity index (χ2v) is 6.38. The third-order valence-corrected chi connectivity index (χ3v) is 4.32. The molecule has 0 radical (unpaired) electrons. The van der Waals surface area contributed by atoms with Crippen LogP contribution in [0.3, 0.4) is 0 Å². The second kappa shape index (κ2) is 11.5. The highest BCUT2D eigenvalue weighted by Crippen LogP contribution is 2.35. The van der Waals surface area contributed by atoms with Crippen LogP contribution in [-0.2, 0) is 9.47 Å². The first-order valence-corrected chi connectivity index (χ1v) is 9.62. The van der Waals surface area contributed by atoms with E-state index in [9.17, 15) is 19.7 Å². The van der Waals surface area contributed by atoms with E-state index in [0.29, 0.717) is 11.4 Å². The molecule has 0 saturated carbocycles. The lowest BCUT2D eigenvalue weighted by molar-refractivity contribution is -0.385. The van der Waals surface area contributed by atoms with Crippen LogP contribution in [0, 0.1) is 10.1 Å². The molecule has 2 rings (SSSR count). The van der Waals surface area contributed by atoms with Crippen molar-refractivity contribution in [1.29, 1.82) is 0 Å². The Hall–Kier alpha value is -3.86. The molecule has 0 unspecified atom stereocenters. The van der Waals surface area contributed by atoms with Crippen molar-refractivity contribution in [1.82, 2.24) is 0 Å². The van der Waals surface area contributed by atoms with Crippen LogP contribution >= 0.6 is 0 Å². The second-order valence-electron chi connectivity index (χ2n) is 6.38. The maximum absolute atomic E-state index is 12.8. The van der Waals surface area contributed by atoms with Crippen molar-refractivity contribution in [3.63, 3.8) is 0 Å². The van der Waals surface area contributed by atoms with Gasteiger partial charge in [-0.05, 0) is 31.2 Å². The number of anilines is 2. The van der Waals surface area contributed by atoms with Crippen molar-refractivity contribution >= 4 is 29.1 Å². The van der Waals surface area contributed by atoms with Crippen LogP contribution < -0.4 is 19.7 Å². The van der Waals surface area contributed by atoms with E-state index >= 15 is 0 Å². The van der Waals surface area contributed by atoms with E-state index in [1.807, 2.05) is 0 Å². The fourth-order valence-corrected chi connectivity index (χ4v) is 2.68. The molecule has 2 aromatic rings. The van der Waals surface area contributed by atoms with E-state index in [4.69, 9.17) is 18.9 Å². The normalized spacial score (nSPS) is 10.2. The van der Waals surface area contributed by atoms with Crippen molar-refractivity contribution in [2.75, 3.05) is 51.3 Å². The molecule has 32 heavy (non-hydrogen) atoms. The van der Waals surface area contributed by atoms with E-state index < -0.39 is 22.6 Å². The van der Waals surface area contributed by atoms with Gasteiger partial charge in [0, 0.05) is 31.6 Å². The number of methoxy groups -OCH3 is 2. The number of carbonyl (C=O) groups is 2. The Morgan fingerprint density at radius 2 is 1.78 bits per heavy atom. The number of nitro groups is 1. The molecule has 0 aliphatic heterocycles. The van der Waals surface area contributed by atoms with Crippen LogP contribution in [0.4, 0.5) is 21.9 Å². The van der Waals surface area contributed by atoms with E-state index in [2.05, 4.69) is 5.32 Å². The summed E-state index contributed by atoms with van der Waals surface area (Å²) >= 11 is 0. The zero-order valence-corrected chi connectivity index (χ0v) is 18.2. The van der Waals surface area contributed by atoms with Gasteiger partial charge in [-0.3, -0.25) is 19.8 Å². The maximum Gasteiger partial charge on any atom is 0.413 e. The minimum Gasteiger partial charge on any atom is -0.493 e. The van der Waals surface area contributed by atoms with Gasteiger partial charge in [-0.25, -0.2) is 4.79 Å². The summed E-state index contributed by atoms with van der Waals surface area (Å²) in [6, 6.07) is 8.73. The van der Waals surface area contributed by atoms with Crippen LogP contribution in [-0.4, -0.2) is 58.0 Å². The zero-order chi connectivity index (χ0) is 23.7. The number of hydrogen-bond donors (Lipinski definition) is 1. The minimum atomic E-state index is -0.704. The number of ether oxygens (including phenoxy) is 4. The highest BCUT2D eigenvalue weighted by Gasteiger charge is 2.25. The molecule has 0 aliphatic carbocycles. The molecule has 0 heterocycles. The molecule has 0 fully saturated rings. The Morgan fingerprint density at radius 1 is 1.09 bits per heavy atom. The van der Waals surface area contributed by atoms with Gasteiger partial charge in [-0.15, -0.1) is 0 Å². The summed E-state index contributed by atoms with van der Waals surface area (Å²) in [7, 11) is 4.42. The highest BCUT2D eigenvalue weighted by molar-refractivity contribution is 6.07. The first kappa shape index (κ1) is 24.4. The van der Waals surface area contributed by atoms with Gasteiger partial charge in [0.05, 0.1) is 31.3 Å². The summed E-state index contributed by atoms with van der Waals surface area (Å²) in [5, 5.41) is 14.2. The number of nitrogens with zero attached hydrogens (tertiary/aromatic N) is 2. The summed E-state index contributed by atoms with van der Waals surface area (Å²) in [6.07, 6.45) is -0.514. The number of nitrogens with one attached hydrogen (secondary N) is 1. The van der Waals surface area contributed by atoms with Gasteiger partial charge in [-0.1, -0.05) is 0 Å². The van der Waals surface area contributed by atoms with Crippen molar-refractivity contribution in [3.05, 3.63) is 52.1 Å². The van der Waals surface area contributed by atoms with E-state index in [0.717, 1.165) is 6.07 Å². The van der Waals surface area contributed by atoms with Gasteiger partial charge in [-0.2, -0.15) is 0 Å². The van der Waals surface area contributed by atoms with Crippen molar-refractivity contribution < 1.29 is 33.5 Å². The SMILES string of the molecule is CCOC(=O)N(C)c1ccc(NC(=O)c2cc(OC)c(OCCOC)cc2[N+](=O)[O-])cc1. The van der Waals surface area contributed by atoms with Gasteiger partial charge in [0.15, 0.2) is 11.5 Å². The van der Waals surface area contributed by atoms with Crippen LogP contribution in [0.25, 0.3) is 0 Å². The predicted octanol–water partition coefficient (Wildman–Crippen LogP) is 3.47. The molecule has 0 bridgehead atoms. The monoisotopic (exact) mass is 447 g/mol. The van der Waals surface area contributed by atoms with Gasteiger partial charge in [0.2, 0.25) is 0 Å². The molecule has 1 N–H and O–H groups in total. The molecule has 172 valence electrons. The number of nitro benzene ring substituents is 1. The summed E-state index contributed by atoms with van der Waals surface area (Å²) < 4.78 is 20.5. The fraction of sp³-hybridized carbons (Fsp3) is 0.333. The lowest BCUT2D eigenvalue weighted by atomic mass is 10.1. The van der Waals surface area contributed by atoms with Gasteiger partial charge < -0.3 is 24.3 Å². The molecular weight excluding hydrogens is 422 g/mol. The molecule has 0 atom stereocenters. The third kappa shape index (κ3) is 6.08. The molecule has 0 aromatic heterocycles. The van der Waals surface area contributed by atoms with Crippen molar-refractivity contribution in [3.8, 4) is 11.5 Å². The molecule has 2 aromatic carbocycles. The van der Waals surface area contributed by atoms with Gasteiger partial charge in [0.25, 0.3) is 11.6 Å². The molecular formula is C21H25N3O8. The topological polar surface area (TPSA) is 129 Å². The number of rotatable bonds is 10. The lowest BCUT2D eigenvalue weighted by Crippen LogP contribution is -2.26. The number of hydrogen-bond acceptors (Lipinski definition) is 8. The Morgan fingerprint density at radius 3 is 2.34 bits per heavy atom. The average Bonchev–Trinajstić information content (AvgIpc) is 2.78. The lowest BCUT2D eigenvalue weighted by Gasteiger charge is -2.17. The third-order valence-electron chi connectivity index (χ3n) is 4.32. The van der Waals surface area contributed by atoms with Crippen LogP contribution in [0.15, 0.2) is 36.4 Å². The van der Waals surface area contributed by atoms with Crippen LogP contribution in [0.5, 0.6) is 11.5 Å². The first-order valence-electron chi connectivity index (χ1n) is 9.62. The van der Waals surface area contributed by atoms with Crippen molar-refractivity contribution in [2.24, 2.45) is 0 Å². The zero-order valence-electron chi connectivity index (χ0n) is 18.2. The Balaban J connectivity index is 2.24. The standard InChI is InChI=1S/C21H25N3O8/c1-5-31-21(26)23(2)15-8-6-14(7-9-15)22-20(25)16-12-18(30-4)19(32-11-10-29-3)13-17(16)24(27)28/h6-9,12-13H,5,10-11H2,1-4H3,(H,22,25). The van der Waals surface area contributed by atoms with E-state index in [1.54, 1.807) is 38.2 Å². The molecule has 0 saturated heterocycles. The maximum atomic E-state index is 12.8. The Labute approximate surface area is 185 Å². The summed E-state index contributed by atoms with van der Waals surface area (Å²) in [6.45, 7) is 2.38. The largest absolute Gasteiger partial charge is 0.493 e. The van der Waals surface area contributed by atoms with Crippen LogP contribution in [0.2, 0.25) is 0 Å². The summed E-state index contributed by atoms with van der Waals surface area (Å²) in [5.41, 5.74) is 0.296. The fourth-order valence-electron chi connectivity index (χ4n) is 2.68. The van der Waals surface area contributed by atoms with Gasteiger partial charge in [0.1, 0.15) is 12.2 Å². The van der Waals surface area contributed by atoms with Crippen LogP contribution in [0.1, 0.15) is 17.3 Å². The smallest absolute Gasteiger partial charge is 0.413 e. The quantitative estimate of drug-likeness (QED) is 0.333. The van der Waals surface area contributed by atoms with Crippen molar-refractivity contribution in [2.45, 2.75) is 6.92 Å².